The number of nitrogens with zero attached hydrogens (tertiary/aromatic N) is 2. The van der Waals surface area contributed by atoms with E-state index < -0.39 is 93.5 Å². The zero-order valence-electron chi connectivity index (χ0n) is 45.3. The third-order valence-corrected chi connectivity index (χ3v) is 16.3. The number of ether oxygens (including phenoxy) is 8. The third-order valence-electron chi connectivity index (χ3n) is 13.8. The lowest BCUT2D eigenvalue weighted by atomic mass is 9.96. The number of imidazole rings is 1. The summed E-state index contributed by atoms with van der Waals surface area (Å²) in [5, 5.41) is 0. The van der Waals surface area contributed by atoms with Crippen molar-refractivity contribution in [3.05, 3.63) is 222 Å². The van der Waals surface area contributed by atoms with E-state index in [0.29, 0.717) is 0 Å². The van der Waals surface area contributed by atoms with Crippen LogP contribution in [0.1, 0.15) is 59.7 Å². The Kier molecular flexibility index (Phi) is 19.1. The van der Waals surface area contributed by atoms with Crippen LogP contribution < -0.4 is 4.57 Å². The molecule has 0 unspecified atom stereocenters. The molecule has 20 heteroatoms. The average molecular weight is 1150 g/mol. The summed E-state index contributed by atoms with van der Waals surface area (Å²) in [4.78, 5) is 26.5. The molecule has 0 bridgehead atoms. The summed E-state index contributed by atoms with van der Waals surface area (Å²) in [7, 11) is -8.89. The Hall–Kier alpha value is -6.95. The van der Waals surface area contributed by atoms with Gasteiger partial charge in [-0.3, -0.25) is 18.0 Å². The second kappa shape index (κ2) is 26.3. The molecule has 1 aromatic heterocycles. The van der Waals surface area contributed by atoms with Crippen molar-refractivity contribution in [2.75, 3.05) is 26.4 Å². The number of carbonyl (C=O) groups is 2. The molecule has 2 fully saturated rings. The van der Waals surface area contributed by atoms with Crippen LogP contribution >= 0.6 is 0 Å². The largest absolute Gasteiger partial charge is 0.452 e. The Bertz CT molecular complexity index is 3170. The molecule has 6 aromatic carbocycles. The number of carbonyl (C=O) groups excluding carboxylic acids is 2. The molecule has 2 aliphatic rings. The highest BCUT2D eigenvalue weighted by atomic mass is 32.2. The zero-order valence-corrected chi connectivity index (χ0v) is 46.9. The van der Waals surface area contributed by atoms with Crippen molar-refractivity contribution in [3.8, 4) is 0 Å². The lowest BCUT2D eigenvalue weighted by Gasteiger charge is -2.33. The molecule has 81 heavy (non-hydrogen) atoms. The number of hydrogen-bond donors (Lipinski definition) is 0. The highest BCUT2D eigenvalue weighted by molar-refractivity contribution is 7.87. The molecule has 7 aromatic rings. The van der Waals surface area contributed by atoms with Crippen molar-refractivity contribution in [2.45, 2.75) is 112 Å². The Morgan fingerprint density at radius 1 is 0.506 bits per heavy atom. The molecule has 0 amide bonds. The first kappa shape index (κ1) is 58.7. The van der Waals surface area contributed by atoms with Gasteiger partial charge in [0.1, 0.15) is 37.8 Å². The van der Waals surface area contributed by atoms with E-state index in [9.17, 15) is 26.4 Å². The number of esters is 2. The predicted octanol–water partition coefficient (Wildman–Crippen LogP) is 8.21. The maximum absolute atomic E-state index is 14.1. The zero-order chi connectivity index (χ0) is 57.0. The van der Waals surface area contributed by atoms with Crippen LogP contribution in [0.15, 0.2) is 198 Å². The Balaban J connectivity index is 1.12. The van der Waals surface area contributed by atoms with E-state index in [-0.39, 0.29) is 49.4 Å². The second-order valence-corrected chi connectivity index (χ2v) is 23.3. The molecule has 0 aliphatic carbocycles. The minimum Gasteiger partial charge on any atom is -0.452 e. The fraction of sp³-hybridized carbons (Fsp3) is 0.328. The van der Waals surface area contributed by atoms with Crippen molar-refractivity contribution in [1.82, 2.24) is 4.57 Å². The second-order valence-electron chi connectivity index (χ2n) is 20.1. The fourth-order valence-corrected chi connectivity index (χ4v) is 11.6. The molecular formula is C61H65N2O16S2+. The lowest BCUT2D eigenvalue weighted by molar-refractivity contribution is -0.767. The van der Waals surface area contributed by atoms with E-state index >= 15 is 0 Å². The fourth-order valence-electron chi connectivity index (χ4n) is 9.71. The van der Waals surface area contributed by atoms with Crippen molar-refractivity contribution < 1.29 is 77.3 Å². The minimum atomic E-state index is -4.45. The summed E-state index contributed by atoms with van der Waals surface area (Å²) in [5.74, 6) is -1.41. The van der Waals surface area contributed by atoms with Gasteiger partial charge in [0.25, 0.3) is 20.2 Å². The van der Waals surface area contributed by atoms with E-state index in [1.165, 1.54) is 38.1 Å². The molecule has 3 heterocycles. The number of benzene rings is 6. The van der Waals surface area contributed by atoms with Crippen LogP contribution in [0.5, 0.6) is 0 Å². The van der Waals surface area contributed by atoms with Crippen LogP contribution in [0.4, 0.5) is 0 Å². The quantitative estimate of drug-likeness (QED) is 0.0285. The molecule has 2 aliphatic heterocycles. The smallest absolute Gasteiger partial charge is 0.303 e. The van der Waals surface area contributed by atoms with Gasteiger partial charge in [-0.25, -0.2) is 9.13 Å². The molecule has 0 spiro atoms. The number of aromatic nitrogens is 2. The number of hydrogen-bond acceptors (Lipinski definition) is 16. The maximum Gasteiger partial charge on any atom is 0.303 e. The number of rotatable bonds is 26. The van der Waals surface area contributed by atoms with E-state index in [1.54, 1.807) is 52.1 Å². The highest BCUT2D eigenvalue weighted by Gasteiger charge is 2.64. The summed E-state index contributed by atoms with van der Waals surface area (Å²) in [6.07, 6.45) is -2.97. The van der Waals surface area contributed by atoms with Gasteiger partial charge >= 0.3 is 11.9 Å². The number of aryl methyl sites for hydroxylation is 2. The van der Waals surface area contributed by atoms with Crippen molar-refractivity contribution in [1.29, 1.82) is 0 Å². The van der Waals surface area contributed by atoms with Gasteiger partial charge in [-0.1, -0.05) is 157 Å². The van der Waals surface area contributed by atoms with Crippen molar-refractivity contribution in [2.24, 2.45) is 0 Å². The average Bonchev–Trinajstić information content (AvgIpc) is 4.16. The van der Waals surface area contributed by atoms with Gasteiger partial charge in [-0.05, 0) is 60.4 Å². The molecule has 426 valence electrons. The summed E-state index contributed by atoms with van der Waals surface area (Å²) >= 11 is 0. The summed E-state index contributed by atoms with van der Waals surface area (Å²) in [6, 6.07) is 49.5. The Morgan fingerprint density at radius 2 is 0.889 bits per heavy atom. The van der Waals surface area contributed by atoms with Gasteiger partial charge in [0, 0.05) is 13.8 Å². The molecule has 8 atom stereocenters. The normalized spacial score (nSPS) is 22.8. The SMILES string of the molecule is CC(=O)O[C@H]1[C@H](n2cc[n+]([C@@H]3O[C@@](COCc4ccccc4)(COS(=O)(=O)c4ccc(C)cc4)[C@@H](OCc4ccccc4)[C@H]3OC(C)=O)c2)O[C@@](COCc2ccccc2)(COS(=O)(=O)c2ccc(C)cc2)[C@H]1OCc1ccccc1. The Labute approximate surface area is 472 Å². The van der Waals surface area contributed by atoms with Crippen LogP contribution in [-0.4, -0.2) is 95.4 Å². The van der Waals surface area contributed by atoms with Gasteiger partial charge in [0.2, 0.25) is 18.8 Å². The van der Waals surface area contributed by atoms with Crippen LogP contribution in [0.3, 0.4) is 0 Å². The van der Waals surface area contributed by atoms with Crippen LogP contribution in [-0.2, 0) is 103 Å². The molecule has 18 nitrogen and oxygen atoms in total. The molecule has 0 N–H and O–H groups in total. The lowest BCUT2D eigenvalue weighted by Crippen LogP contribution is -2.53. The van der Waals surface area contributed by atoms with Gasteiger partial charge in [0.15, 0.2) is 23.4 Å². The molecule has 9 rings (SSSR count). The maximum atomic E-state index is 14.1. The molecule has 0 saturated carbocycles. The van der Waals surface area contributed by atoms with E-state index in [4.69, 9.17) is 46.3 Å². The van der Waals surface area contributed by atoms with Crippen LogP contribution in [0.2, 0.25) is 0 Å². The monoisotopic (exact) mass is 1150 g/mol. The van der Waals surface area contributed by atoms with Crippen molar-refractivity contribution >= 4 is 32.2 Å². The molecular weight excluding hydrogens is 1080 g/mol. The molecule has 0 radical (unpaired) electrons. The van der Waals surface area contributed by atoms with E-state index in [2.05, 4.69) is 0 Å². The topological polar surface area (TPSA) is 204 Å². The first-order valence-electron chi connectivity index (χ1n) is 26.3. The van der Waals surface area contributed by atoms with Crippen LogP contribution in [0.25, 0.3) is 0 Å². The highest BCUT2D eigenvalue weighted by Crippen LogP contribution is 2.44. The third kappa shape index (κ3) is 14.8. The summed E-state index contributed by atoms with van der Waals surface area (Å²) in [5.41, 5.74) is 1.17. The Morgan fingerprint density at radius 3 is 1.31 bits per heavy atom. The molecule has 2 saturated heterocycles. The summed E-state index contributed by atoms with van der Waals surface area (Å²) in [6.45, 7) is 4.25. The van der Waals surface area contributed by atoms with Gasteiger partial charge in [0.05, 0.1) is 49.4 Å². The minimum absolute atomic E-state index is 0.0311. The summed E-state index contributed by atoms with van der Waals surface area (Å²) < 4.78 is 124. The van der Waals surface area contributed by atoms with Crippen molar-refractivity contribution in [3.63, 3.8) is 0 Å². The van der Waals surface area contributed by atoms with Crippen LogP contribution in [0, 0.1) is 13.8 Å². The van der Waals surface area contributed by atoms with Gasteiger partial charge in [-0.15, -0.1) is 0 Å². The first-order valence-corrected chi connectivity index (χ1v) is 29.1. The van der Waals surface area contributed by atoms with E-state index in [1.807, 2.05) is 135 Å². The van der Waals surface area contributed by atoms with Gasteiger partial charge in [-0.2, -0.15) is 16.8 Å². The standard InChI is InChI=1S/C61H65N2O16S2/c1-44-25-29-52(30-26-44)80(66,67)74-41-60(39-70-35-48-17-9-5-10-18-48)56(72-37-50-21-13-7-14-22-50)54(76-46(3)64)58(78-60)62-33-34-63(43-62)59-55(77-47(4)65)57(73-38-51-23-15-8-16-24-51)61(79-59,40-71-36-49-19-11-6-12-20-49)42-75-81(68,69)53-31-27-45(2)28-32-53/h5-34,43,54-59H,35-42H2,1-4H3/q+1/t54-,55-,56+,57+,58-,59-,60+,61+/m1/s1. The predicted molar refractivity (Wildman–Crippen MR) is 292 cm³/mol. The first-order chi connectivity index (χ1) is 39.0. The van der Waals surface area contributed by atoms with Gasteiger partial charge < -0.3 is 37.9 Å². The van der Waals surface area contributed by atoms with E-state index in [0.717, 1.165) is 33.4 Å².